The van der Waals surface area contributed by atoms with Gasteiger partial charge in [-0.05, 0) is 25.0 Å². The lowest BCUT2D eigenvalue weighted by Gasteiger charge is -2.31. The minimum absolute atomic E-state index is 0.00852. The zero-order valence-corrected chi connectivity index (χ0v) is 12.2. The summed E-state index contributed by atoms with van der Waals surface area (Å²) in [5.74, 6) is 0.146. The van der Waals surface area contributed by atoms with Crippen LogP contribution in [0, 0.1) is 0 Å². The molecular formula is C13H18ClF3N2O. The highest BCUT2D eigenvalue weighted by molar-refractivity contribution is 6.29. The van der Waals surface area contributed by atoms with Gasteiger partial charge in [0.1, 0.15) is 11.0 Å². The lowest BCUT2D eigenvalue weighted by atomic mass is 10.1. The molecule has 114 valence electrons. The summed E-state index contributed by atoms with van der Waals surface area (Å²) in [6, 6.07) is 1.78. The summed E-state index contributed by atoms with van der Waals surface area (Å²) in [6.45, 7) is 3.94. The summed E-state index contributed by atoms with van der Waals surface area (Å²) in [5, 5.41) is 8.91. The van der Waals surface area contributed by atoms with E-state index in [-0.39, 0.29) is 30.2 Å². The Morgan fingerprint density at radius 3 is 2.35 bits per heavy atom. The fourth-order valence-electron chi connectivity index (χ4n) is 2.12. The van der Waals surface area contributed by atoms with Crippen LogP contribution in [0.4, 0.5) is 19.0 Å². The molecule has 0 fully saturated rings. The zero-order chi connectivity index (χ0) is 15.3. The molecule has 20 heavy (non-hydrogen) atoms. The molecule has 1 heterocycles. The molecule has 1 aromatic heterocycles. The molecule has 0 saturated carbocycles. The van der Waals surface area contributed by atoms with Gasteiger partial charge in [-0.15, -0.1) is 0 Å². The molecule has 0 aliphatic heterocycles. The molecule has 1 N–H and O–H groups in total. The van der Waals surface area contributed by atoms with Crippen LogP contribution < -0.4 is 4.90 Å². The van der Waals surface area contributed by atoms with Crippen molar-refractivity contribution in [1.82, 2.24) is 4.98 Å². The van der Waals surface area contributed by atoms with Crippen LogP contribution in [0.3, 0.4) is 0 Å². The number of alkyl halides is 3. The standard InChI is InChI=1S/C13H18ClF3N2O/c1-3-10(4-2)19(5-6-20)12-8-9(13(15,16)17)7-11(14)18-12/h7-8,10,20H,3-6H2,1-2H3. The van der Waals surface area contributed by atoms with E-state index in [1.807, 2.05) is 13.8 Å². The first-order valence-corrected chi connectivity index (χ1v) is 6.83. The summed E-state index contributed by atoms with van der Waals surface area (Å²) in [6.07, 6.45) is -2.99. The molecule has 0 atom stereocenters. The second kappa shape index (κ2) is 7.13. The SMILES string of the molecule is CCC(CC)N(CCO)c1cc(C(F)(F)F)cc(Cl)n1. The highest BCUT2D eigenvalue weighted by Crippen LogP contribution is 2.33. The molecule has 7 heteroatoms. The van der Waals surface area contributed by atoms with Gasteiger partial charge < -0.3 is 10.0 Å². The second-order valence-electron chi connectivity index (χ2n) is 4.42. The van der Waals surface area contributed by atoms with Crippen molar-refractivity contribution in [2.45, 2.75) is 38.9 Å². The molecule has 0 spiro atoms. The Morgan fingerprint density at radius 1 is 1.30 bits per heavy atom. The number of pyridine rings is 1. The van der Waals surface area contributed by atoms with Crippen molar-refractivity contribution in [1.29, 1.82) is 0 Å². The number of aliphatic hydroxyl groups is 1. The first-order chi connectivity index (χ1) is 9.33. The largest absolute Gasteiger partial charge is 0.416 e. The van der Waals surface area contributed by atoms with Crippen molar-refractivity contribution in [3.05, 3.63) is 22.8 Å². The number of anilines is 1. The van der Waals surface area contributed by atoms with Crippen molar-refractivity contribution in [2.75, 3.05) is 18.1 Å². The highest BCUT2D eigenvalue weighted by Gasteiger charge is 2.32. The summed E-state index contributed by atoms with van der Waals surface area (Å²) in [4.78, 5) is 5.63. The smallest absolute Gasteiger partial charge is 0.395 e. The van der Waals surface area contributed by atoms with Crippen LogP contribution in [0.2, 0.25) is 5.15 Å². The van der Waals surface area contributed by atoms with E-state index in [4.69, 9.17) is 16.7 Å². The average Bonchev–Trinajstić information content (AvgIpc) is 2.37. The van der Waals surface area contributed by atoms with E-state index in [9.17, 15) is 13.2 Å². The fourth-order valence-corrected chi connectivity index (χ4v) is 2.32. The normalized spacial score (nSPS) is 12.0. The number of hydrogen-bond donors (Lipinski definition) is 1. The van der Waals surface area contributed by atoms with Gasteiger partial charge in [0, 0.05) is 12.6 Å². The molecule has 0 amide bonds. The number of halogens is 4. The zero-order valence-electron chi connectivity index (χ0n) is 11.4. The lowest BCUT2D eigenvalue weighted by Crippen LogP contribution is -2.37. The van der Waals surface area contributed by atoms with Gasteiger partial charge in [-0.25, -0.2) is 4.98 Å². The van der Waals surface area contributed by atoms with Crippen LogP contribution in [0.5, 0.6) is 0 Å². The summed E-state index contributed by atoms with van der Waals surface area (Å²) in [7, 11) is 0. The quantitative estimate of drug-likeness (QED) is 0.813. The molecule has 3 nitrogen and oxygen atoms in total. The maximum atomic E-state index is 12.8. The third-order valence-electron chi connectivity index (χ3n) is 3.13. The van der Waals surface area contributed by atoms with Crippen LogP contribution in [0.25, 0.3) is 0 Å². The Balaban J connectivity index is 3.22. The van der Waals surface area contributed by atoms with Crippen LogP contribution >= 0.6 is 11.6 Å². The van der Waals surface area contributed by atoms with E-state index in [1.54, 1.807) is 4.90 Å². The average molecular weight is 311 g/mol. The van der Waals surface area contributed by atoms with Gasteiger partial charge in [-0.3, -0.25) is 0 Å². The minimum atomic E-state index is -4.47. The van der Waals surface area contributed by atoms with E-state index in [1.165, 1.54) is 0 Å². The number of rotatable bonds is 6. The first-order valence-electron chi connectivity index (χ1n) is 6.45. The van der Waals surface area contributed by atoms with Crippen molar-refractivity contribution >= 4 is 17.4 Å². The van der Waals surface area contributed by atoms with Crippen LogP contribution in [0.15, 0.2) is 12.1 Å². The molecule has 1 rings (SSSR count). The van der Waals surface area contributed by atoms with E-state index >= 15 is 0 Å². The van der Waals surface area contributed by atoms with E-state index in [2.05, 4.69) is 4.98 Å². The molecule has 0 saturated heterocycles. The summed E-state index contributed by atoms with van der Waals surface area (Å²) < 4.78 is 38.4. The van der Waals surface area contributed by atoms with Crippen LogP contribution in [-0.2, 0) is 6.18 Å². The molecular weight excluding hydrogens is 293 g/mol. The molecule has 1 aromatic rings. The van der Waals surface area contributed by atoms with Gasteiger partial charge in [0.25, 0.3) is 0 Å². The van der Waals surface area contributed by atoms with Crippen LogP contribution in [-0.4, -0.2) is 29.3 Å². The minimum Gasteiger partial charge on any atom is -0.395 e. The summed E-state index contributed by atoms with van der Waals surface area (Å²) >= 11 is 5.69. The number of aliphatic hydroxyl groups excluding tert-OH is 1. The van der Waals surface area contributed by atoms with Gasteiger partial charge >= 0.3 is 6.18 Å². The molecule has 0 aliphatic rings. The Morgan fingerprint density at radius 2 is 1.90 bits per heavy atom. The topological polar surface area (TPSA) is 36.4 Å². The molecule has 0 radical (unpaired) electrons. The maximum Gasteiger partial charge on any atom is 0.416 e. The van der Waals surface area contributed by atoms with Crippen molar-refractivity contribution in [3.8, 4) is 0 Å². The van der Waals surface area contributed by atoms with Gasteiger partial charge in [-0.2, -0.15) is 13.2 Å². The first kappa shape index (κ1) is 17.0. The third kappa shape index (κ3) is 4.24. The number of aromatic nitrogens is 1. The lowest BCUT2D eigenvalue weighted by molar-refractivity contribution is -0.137. The molecule has 0 aromatic carbocycles. The Bertz CT molecular complexity index is 436. The Labute approximate surface area is 121 Å². The molecule has 0 bridgehead atoms. The van der Waals surface area contributed by atoms with Gasteiger partial charge in [0.05, 0.1) is 12.2 Å². The van der Waals surface area contributed by atoms with Crippen molar-refractivity contribution in [2.24, 2.45) is 0 Å². The van der Waals surface area contributed by atoms with E-state index < -0.39 is 11.7 Å². The maximum absolute atomic E-state index is 12.8. The second-order valence-corrected chi connectivity index (χ2v) is 4.81. The highest BCUT2D eigenvalue weighted by atomic mass is 35.5. The van der Waals surface area contributed by atoms with E-state index in [0.717, 1.165) is 25.0 Å². The van der Waals surface area contributed by atoms with Gasteiger partial charge in [-0.1, -0.05) is 25.4 Å². The van der Waals surface area contributed by atoms with Crippen molar-refractivity contribution in [3.63, 3.8) is 0 Å². The molecule has 0 aliphatic carbocycles. The monoisotopic (exact) mass is 310 g/mol. The number of nitrogens with zero attached hydrogens (tertiary/aromatic N) is 2. The Hall–Kier alpha value is -1.01. The molecule has 0 unspecified atom stereocenters. The van der Waals surface area contributed by atoms with E-state index in [0.29, 0.717) is 0 Å². The number of hydrogen-bond acceptors (Lipinski definition) is 3. The summed E-state index contributed by atoms with van der Waals surface area (Å²) in [5.41, 5.74) is -0.832. The Kier molecular flexibility index (Phi) is 6.07. The predicted octanol–water partition coefficient (Wildman–Crippen LogP) is 3.74. The van der Waals surface area contributed by atoms with Crippen LogP contribution in [0.1, 0.15) is 32.3 Å². The van der Waals surface area contributed by atoms with Crippen molar-refractivity contribution < 1.29 is 18.3 Å². The predicted molar refractivity (Wildman–Crippen MR) is 73.1 cm³/mol. The third-order valence-corrected chi connectivity index (χ3v) is 3.32. The fraction of sp³-hybridized carbons (Fsp3) is 0.615. The van der Waals surface area contributed by atoms with Gasteiger partial charge in [0.15, 0.2) is 0 Å². The van der Waals surface area contributed by atoms with Gasteiger partial charge in [0.2, 0.25) is 0 Å².